The minimum Gasteiger partial charge on any atom is -0.384 e. The van der Waals surface area contributed by atoms with Crippen LogP contribution in [0.5, 0.6) is 0 Å². The molecule has 0 unspecified atom stereocenters. The minimum absolute atomic E-state index is 0.255. The lowest BCUT2D eigenvalue weighted by molar-refractivity contribution is 0.0739. The molecule has 0 atom stereocenters. The van der Waals surface area contributed by atoms with E-state index in [0.717, 1.165) is 48.1 Å². The first kappa shape index (κ1) is 21.0. The SMILES string of the molecule is Cc1nsc(N2CCC(Nc3nc(-c4ccc(Cl)cc4)cc(C(C)(C)O)n3)CC2)n1. The van der Waals surface area contributed by atoms with Crippen molar-refractivity contribution in [1.29, 1.82) is 0 Å². The molecule has 1 aliphatic heterocycles. The Morgan fingerprint density at radius 3 is 2.43 bits per heavy atom. The molecule has 9 heteroatoms. The van der Waals surface area contributed by atoms with Gasteiger partial charge in [-0.25, -0.2) is 15.0 Å². The van der Waals surface area contributed by atoms with Gasteiger partial charge in [-0.3, -0.25) is 0 Å². The van der Waals surface area contributed by atoms with E-state index in [1.54, 1.807) is 13.8 Å². The number of aromatic nitrogens is 4. The first-order valence-corrected chi connectivity index (χ1v) is 11.1. The monoisotopic (exact) mass is 444 g/mol. The number of anilines is 2. The zero-order valence-electron chi connectivity index (χ0n) is 17.3. The quantitative estimate of drug-likeness (QED) is 0.607. The summed E-state index contributed by atoms with van der Waals surface area (Å²) >= 11 is 7.47. The smallest absolute Gasteiger partial charge is 0.223 e. The van der Waals surface area contributed by atoms with Crippen molar-refractivity contribution in [2.45, 2.75) is 45.3 Å². The van der Waals surface area contributed by atoms with Crippen LogP contribution >= 0.6 is 23.1 Å². The van der Waals surface area contributed by atoms with Crippen LogP contribution in [0, 0.1) is 6.92 Å². The number of nitrogens with one attached hydrogen (secondary N) is 1. The molecule has 3 heterocycles. The largest absolute Gasteiger partial charge is 0.384 e. The van der Waals surface area contributed by atoms with Crippen LogP contribution in [0.4, 0.5) is 11.1 Å². The standard InChI is InChI=1S/C21H25ClN6OS/c1-13-23-20(30-27-13)28-10-8-16(9-11-28)24-19-25-17(12-18(26-19)21(2,3)29)14-4-6-15(22)7-5-14/h4-7,12,16,29H,8-11H2,1-3H3,(H,24,25,26). The van der Waals surface area contributed by atoms with Crippen LogP contribution in [-0.4, -0.2) is 43.6 Å². The molecule has 0 spiro atoms. The third-order valence-electron chi connectivity index (χ3n) is 5.11. The molecule has 0 amide bonds. The van der Waals surface area contributed by atoms with Crippen LogP contribution in [-0.2, 0) is 5.60 Å². The Morgan fingerprint density at radius 2 is 1.83 bits per heavy atom. The zero-order valence-corrected chi connectivity index (χ0v) is 18.8. The van der Waals surface area contributed by atoms with Gasteiger partial charge in [0.15, 0.2) is 0 Å². The van der Waals surface area contributed by atoms with E-state index in [0.29, 0.717) is 16.7 Å². The van der Waals surface area contributed by atoms with Gasteiger partial charge in [-0.05, 0) is 51.8 Å². The molecule has 3 aromatic rings. The summed E-state index contributed by atoms with van der Waals surface area (Å²) in [5.74, 6) is 1.35. The Labute approximate surface area is 185 Å². The predicted molar refractivity (Wildman–Crippen MR) is 121 cm³/mol. The van der Waals surface area contributed by atoms with Crippen LogP contribution in [0.3, 0.4) is 0 Å². The Hall–Kier alpha value is -2.29. The molecular weight excluding hydrogens is 420 g/mol. The van der Waals surface area contributed by atoms with E-state index in [-0.39, 0.29) is 6.04 Å². The van der Waals surface area contributed by atoms with Crippen molar-refractivity contribution in [2.24, 2.45) is 0 Å². The number of aliphatic hydroxyl groups is 1. The van der Waals surface area contributed by atoms with E-state index in [2.05, 4.69) is 24.6 Å². The highest BCUT2D eigenvalue weighted by atomic mass is 35.5. The first-order valence-electron chi connectivity index (χ1n) is 9.97. The zero-order chi connectivity index (χ0) is 21.3. The molecule has 0 saturated carbocycles. The number of aryl methyl sites for hydroxylation is 1. The average Bonchev–Trinajstić information content (AvgIpc) is 3.14. The first-order chi connectivity index (χ1) is 14.3. The molecule has 1 fully saturated rings. The third kappa shape index (κ3) is 4.88. The van der Waals surface area contributed by atoms with Crippen LogP contribution in [0.1, 0.15) is 38.2 Å². The van der Waals surface area contributed by atoms with Gasteiger partial charge in [0.1, 0.15) is 11.4 Å². The van der Waals surface area contributed by atoms with Gasteiger partial charge in [0.05, 0.1) is 11.4 Å². The van der Waals surface area contributed by atoms with Gasteiger partial charge in [-0.2, -0.15) is 4.37 Å². The molecular formula is C21H25ClN6OS. The number of nitrogens with zero attached hydrogens (tertiary/aromatic N) is 5. The Kier molecular flexibility index (Phi) is 5.90. The molecule has 0 bridgehead atoms. The predicted octanol–water partition coefficient (Wildman–Crippen LogP) is 4.27. The Bertz CT molecular complexity index is 1010. The fourth-order valence-electron chi connectivity index (χ4n) is 3.41. The maximum Gasteiger partial charge on any atom is 0.223 e. The van der Waals surface area contributed by atoms with Crippen LogP contribution < -0.4 is 10.2 Å². The molecule has 158 valence electrons. The van der Waals surface area contributed by atoms with Crippen LogP contribution in [0.2, 0.25) is 5.02 Å². The van der Waals surface area contributed by atoms with E-state index < -0.39 is 5.60 Å². The fraction of sp³-hybridized carbons (Fsp3) is 0.429. The second-order valence-corrected chi connectivity index (χ2v) is 9.22. The Balaban J connectivity index is 1.52. The fourth-order valence-corrected chi connectivity index (χ4v) is 4.26. The average molecular weight is 445 g/mol. The molecule has 1 saturated heterocycles. The molecule has 0 radical (unpaired) electrons. The van der Waals surface area contributed by atoms with Crippen molar-refractivity contribution >= 4 is 34.2 Å². The van der Waals surface area contributed by atoms with Gasteiger partial charge >= 0.3 is 0 Å². The van der Waals surface area contributed by atoms with Gasteiger partial charge in [-0.1, -0.05) is 23.7 Å². The van der Waals surface area contributed by atoms with Gasteiger partial charge in [0.2, 0.25) is 11.1 Å². The van der Waals surface area contributed by atoms with E-state index in [1.165, 1.54) is 11.5 Å². The number of piperidine rings is 1. The summed E-state index contributed by atoms with van der Waals surface area (Å²) in [4.78, 5) is 16.1. The van der Waals surface area contributed by atoms with Crippen molar-refractivity contribution in [1.82, 2.24) is 19.3 Å². The number of hydrogen-bond acceptors (Lipinski definition) is 8. The highest BCUT2D eigenvalue weighted by Gasteiger charge is 2.24. The molecule has 4 rings (SSSR count). The lowest BCUT2D eigenvalue weighted by Crippen LogP contribution is -2.39. The summed E-state index contributed by atoms with van der Waals surface area (Å²) in [6, 6.07) is 9.59. The number of rotatable bonds is 5. The second kappa shape index (κ2) is 8.45. The molecule has 30 heavy (non-hydrogen) atoms. The third-order valence-corrected chi connectivity index (χ3v) is 6.23. The summed E-state index contributed by atoms with van der Waals surface area (Å²) in [5.41, 5.74) is 1.19. The summed E-state index contributed by atoms with van der Waals surface area (Å²) in [6.45, 7) is 7.18. The lowest BCUT2D eigenvalue weighted by atomic mass is 10.0. The molecule has 0 aliphatic carbocycles. The van der Waals surface area contributed by atoms with Crippen molar-refractivity contribution in [3.05, 3.63) is 46.9 Å². The summed E-state index contributed by atoms with van der Waals surface area (Å²) in [5, 5.41) is 15.7. The van der Waals surface area contributed by atoms with Crippen molar-refractivity contribution in [3.63, 3.8) is 0 Å². The molecule has 2 aromatic heterocycles. The summed E-state index contributed by atoms with van der Waals surface area (Å²) < 4.78 is 4.28. The second-order valence-electron chi connectivity index (χ2n) is 8.06. The van der Waals surface area contributed by atoms with Crippen LogP contribution in [0.25, 0.3) is 11.3 Å². The number of benzene rings is 1. The maximum absolute atomic E-state index is 10.5. The van der Waals surface area contributed by atoms with Gasteiger partial charge in [-0.15, -0.1) is 0 Å². The molecule has 1 aliphatic rings. The highest BCUT2D eigenvalue weighted by molar-refractivity contribution is 7.09. The van der Waals surface area contributed by atoms with Gasteiger partial charge in [0, 0.05) is 41.2 Å². The Morgan fingerprint density at radius 1 is 1.13 bits per heavy atom. The summed E-state index contributed by atoms with van der Waals surface area (Å²) in [6.07, 6.45) is 1.90. The highest BCUT2D eigenvalue weighted by Crippen LogP contribution is 2.28. The number of halogens is 1. The van der Waals surface area contributed by atoms with Gasteiger partial charge in [0.25, 0.3) is 0 Å². The lowest BCUT2D eigenvalue weighted by Gasteiger charge is -2.32. The van der Waals surface area contributed by atoms with Crippen LogP contribution in [0.15, 0.2) is 30.3 Å². The summed E-state index contributed by atoms with van der Waals surface area (Å²) in [7, 11) is 0. The minimum atomic E-state index is -1.07. The van der Waals surface area contributed by atoms with E-state index >= 15 is 0 Å². The maximum atomic E-state index is 10.5. The van der Waals surface area contributed by atoms with Gasteiger partial charge < -0.3 is 15.3 Å². The van der Waals surface area contributed by atoms with Crippen molar-refractivity contribution < 1.29 is 5.11 Å². The number of hydrogen-bond donors (Lipinski definition) is 2. The topological polar surface area (TPSA) is 87.1 Å². The normalized spacial score (nSPS) is 15.4. The van der Waals surface area contributed by atoms with E-state index in [4.69, 9.17) is 16.6 Å². The van der Waals surface area contributed by atoms with E-state index in [1.807, 2.05) is 37.3 Å². The van der Waals surface area contributed by atoms with E-state index in [9.17, 15) is 5.11 Å². The van der Waals surface area contributed by atoms with Crippen molar-refractivity contribution in [2.75, 3.05) is 23.3 Å². The molecule has 7 nitrogen and oxygen atoms in total. The molecule has 2 N–H and O–H groups in total. The molecule has 1 aromatic carbocycles. The van der Waals surface area contributed by atoms with Crippen molar-refractivity contribution in [3.8, 4) is 11.3 Å².